The summed E-state index contributed by atoms with van der Waals surface area (Å²) in [5.41, 5.74) is 0. The van der Waals surface area contributed by atoms with Crippen LogP contribution < -0.4 is 0 Å². The zero-order valence-corrected chi connectivity index (χ0v) is 10.9. The largest absolute Gasteiger partial charge is 0.480 e. The Kier molecular flexibility index (Phi) is 4.18. The maximum atomic E-state index is 11.0. The molecule has 0 saturated heterocycles. The van der Waals surface area contributed by atoms with Crippen molar-refractivity contribution in [3.05, 3.63) is 22.4 Å². The zero-order chi connectivity index (χ0) is 12.3. The lowest BCUT2D eigenvalue weighted by molar-refractivity contribution is -0.139. The molecular weight excluding hydrogens is 234 g/mol. The molecule has 1 N–H and O–H groups in total. The van der Waals surface area contributed by atoms with Crippen LogP contribution in [-0.4, -0.2) is 29.1 Å². The molecule has 1 aromatic heterocycles. The van der Waals surface area contributed by atoms with E-state index in [1.165, 1.54) is 17.7 Å². The molecule has 0 aliphatic heterocycles. The quantitative estimate of drug-likeness (QED) is 0.812. The van der Waals surface area contributed by atoms with Gasteiger partial charge < -0.3 is 5.11 Å². The van der Waals surface area contributed by atoms with E-state index in [0.29, 0.717) is 12.0 Å². The molecule has 3 nitrogen and oxygen atoms in total. The molecule has 1 aliphatic rings. The normalized spacial score (nSPS) is 17.3. The number of aliphatic carboxylic acids is 1. The molecule has 17 heavy (non-hydrogen) atoms. The number of carbonyl (C=O) groups is 1. The van der Waals surface area contributed by atoms with Gasteiger partial charge in [-0.25, -0.2) is 0 Å². The summed E-state index contributed by atoms with van der Waals surface area (Å²) in [6.07, 6.45) is 3.48. The first-order valence-corrected chi connectivity index (χ1v) is 7.09. The predicted molar refractivity (Wildman–Crippen MR) is 69.3 cm³/mol. The monoisotopic (exact) mass is 253 g/mol. The van der Waals surface area contributed by atoms with Crippen molar-refractivity contribution in [1.82, 2.24) is 4.90 Å². The first-order valence-electron chi connectivity index (χ1n) is 6.21. The molecule has 1 fully saturated rings. The second kappa shape index (κ2) is 5.65. The number of carboxylic acids is 1. The van der Waals surface area contributed by atoms with Gasteiger partial charge in [-0.2, -0.15) is 0 Å². The molecule has 1 atom stereocenters. The van der Waals surface area contributed by atoms with E-state index in [9.17, 15) is 4.79 Å². The second-order valence-electron chi connectivity index (χ2n) is 4.66. The minimum absolute atomic E-state index is 0.160. The number of rotatable bonds is 7. The molecule has 2 rings (SSSR count). The average Bonchev–Trinajstić information content (AvgIpc) is 2.93. The molecule has 1 unspecified atom stereocenters. The van der Waals surface area contributed by atoms with Gasteiger partial charge in [0.1, 0.15) is 0 Å². The lowest BCUT2D eigenvalue weighted by atomic mass is 10.1. The summed E-state index contributed by atoms with van der Waals surface area (Å²) < 4.78 is 0. The molecule has 0 radical (unpaired) electrons. The first-order chi connectivity index (χ1) is 8.22. The average molecular weight is 253 g/mol. The molecule has 0 bridgehead atoms. The number of carboxylic acid groups (broad SMARTS) is 1. The molecule has 0 spiro atoms. The van der Waals surface area contributed by atoms with Gasteiger partial charge in [-0.15, -0.1) is 11.3 Å². The third-order valence-electron chi connectivity index (χ3n) is 3.15. The number of thiophene rings is 1. The third-order valence-corrected chi connectivity index (χ3v) is 4.09. The van der Waals surface area contributed by atoms with Crippen LogP contribution >= 0.6 is 11.3 Å². The fourth-order valence-corrected chi connectivity index (χ4v) is 3.31. The second-order valence-corrected chi connectivity index (χ2v) is 5.64. The topological polar surface area (TPSA) is 40.5 Å². The minimum atomic E-state index is -0.722. The number of hydrogen-bond donors (Lipinski definition) is 1. The molecule has 1 aliphatic carbocycles. The smallest absolute Gasteiger partial charge is 0.317 e. The van der Waals surface area contributed by atoms with Gasteiger partial charge in [0, 0.05) is 10.9 Å². The van der Waals surface area contributed by atoms with Crippen LogP contribution in [0.1, 0.15) is 37.1 Å². The Labute approximate surface area is 106 Å². The van der Waals surface area contributed by atoms with Crippen molar-refractivity contribution in [3.8, 4) is 0 Å². The Balaban J connectivity index is 2.14. The van der Waals surface area contributed by atoms with Gasteiger partial charge in [-0.1, -0.05) is 13.0 Å². The number of hydrogen-bond acceptors (Lipinski definition) is 3. The summed E-state index contributed by atoms with van der Waals surface area (Å²) in [5.74, 6) is -0.0554. The van der Waals surface area contributed by atoms with E-state index < -0.39 is 5.97 Å². The van der Waals surface area contributed by atoms with Crippen LogP contribution in [0.15, 0.2) is 17.5 Å². The van der Waals surface area contributed by atoms with Gasteiger partial charge in [0.2, 0.25) is 0 Å². The summed E-state index contributed by atoms with van der Waals surface area (Å²) in [4.78, 5) is 14.4. The van der Waals surface area contributed by atoms with E-state index >= 15 is 0 Å². The summed E-state index contributed by atoms with van der Waals surface area (Å²) in [6.45, 7) is 3.13. The van der Waals surface area contributed by atoms with Crippen LogP contribution in [0, 0.1) is 5.92 Å². The molecule has 94 valence electrons. The molecule has 4 heteroatoms. The highest BCUT2D eigenvalue weighted by atomic mass is 32.1. The molecule has 1 aromatic rings. The third kappa shape index (κ3) is 3.30. The Hall–Kier alpha value is -0.870. The van der Waals surface area contributed by atoms with Crippen molar-refractivity contribution in [3.63, 3.8) is 0 Å². The van der Waals surface area contributed by atoms with Gasteiger partial charge in [-0.05, 0) is 43.2 Å². The molecular formula is C13H19NO2S. The van der Waals surface area contributed by atoms with E-state index in [-0.39, 0.29) is 6.54 Å². The molecule has 1 heterocycles. The summed E-state index contributed by atoms with van der Waals surface area (Å²) in [7, 11) is 0. The first kappa shape index (κ1) is 12.6. The molecule has 0 amide bonds. The number of nitrogens with zero attached hydrogens (tertiary/aromatic N) is 1. The Morgan fingerprint density at radius 2 is 2.41 bits per heavy atom. The maximum Gasteiger partial charge on any atom is 0.317 e. The SMILES string of the molecule is CCCN(CC(=O)O)C(c1cccs1)C1CC1. The van der Waals surface area contributed by atoms with Crippen LogP contribution in [0.2, 0.25) is 0 Å². The van der Waals surface area contributed by atoms with E-state index in [1.54, 1.807) is 11.3 Å². The van der Waals surface area contributed by atoms with Gasteiger partial charge in [0.25, 0.3) is 0 Å². The lowest BCUT2D eigenvalue weighted by Gasteiger charge is -2.29. The summed E-state index contributed by atoms with van der Waals surface area (Å²) in [6, 6.07) is 4.52. The maximum absolute atomic E-state index is 11.0. The van der Waals surface area contributed by atoms with Crippen LogP contribution in [0.5, 0.6) is 0 Å². The minimum Gasteiger partial charge on any atom is -0.480 e. The van der Waals surface area contributed by atoms with Gasteiger partial charge in [0.05, 0.1) is 6.54 Å². The Morgan fingerprint density at radius 1 is 1.65 bits per heavy atom. The van der Waals surface area contributed by atoms with Crippen molar-refractivity contribution in [2.75, 3.05) is 13.1 Å². The van der Waals surface area contributed by atoms with Crippen molar-refractivity contribution < 1.29 is 9.90 Å². The fraction of sp³-hybridized carbons (Fsp3) is 0.615. The summed E-state index contributed by atoms with van der Waals surface area (Å²) >= 11 is 1.75. The predicted octanol–water partition coefficient (Wildman–Crippen LogP) is 3.00. The van der Waals surface area contributed by atoms with E-state index in [1.807, 2.05) is 0 Å². The van der Waals surface area contributed by atoms with E-state index in [2.05, 4.69) is 29.3 Å². The van der Waals surface area contributed by atoms with Crippen molar-refractivity contribution in [2.24, 2.45) is 5.92 Å². The van der Waals surface area contributed by atoms with E-state index in [4.69, 9.17) is 5.11 Å². The highest BCUT2D eigenvalue weighted by molar-refractivity contribution is 7.10. The molecule has 0 aromatic carbocycles. The van der Waals surface area contributed by atoms with Crippen LogP contribution in [0.3, 0.4) is 0 Å². The summed E-state index contributed by atoms with van der Waals surface area (Å²) in [5, 5.41) is 11.1. The van der Waals surface area contributed by atoms with Crippen molar-refractivity contribution >= 4 is 17.3 Å². The van der Waals surface area contributed by atoms with Gasteiger partial charge in [-0.3, -0.25) is 9.69 Å². The highest BCUT2D eigenvalue weighted by Crippen LogP contribution is 2.45. The van der Waals surface area contributed by atoms with Gasteiger partial charge >= 0.3 is 5.97 Å². The van der Waals surface area contributed by atoms with Crippen molar-refractivity contribution in [1.29, 1.82) is 0 Å². The molecule has 1 saturated carbocycles. The van der Waals surface area contributed by atoms with Crippen molar-refractivity contribution in [2.45, 2.75) is 32.2 Å². The Bertz CT molecular complexity index is 360. The fourth-order valence-electron chi connectivity index (χ4n) is 2.36. The van der Waals surface area contributed by atoms with Crippen LogP contribution in [0.25, 0.3) is 0 Å². The zero-order valence-electron chi connectivity index (χ0n) is 10.1. The van der Waals surface area contributed by atoms with Crippen LogP contribution in [-0.2, 0) is 4.79 Å². The Morgan fingerprint density at radius 3 is 2.88 bits per heavy atom. The van der Waals surface area contributed by atoms with Crippen LogP contribution in [0.4, 0.5) is 0 Å². The standard InChI is InChI=1S/C13H19NO2S/c1-2-7-14(9-12(15)16)13(10-5-6-10)11-4-3-8-17-11/h3-4,8,10,13H,2,5-7,9H2,1H3,(H,15,16). The highest BCUT2D eigenvalue weighted by Gasteiger charge is 2.37. The van der Waals surface area contributed by atoms with E-state index in [0.717, 1.165) is 13.0 Å². The lowest BCUT2D eigenvalue weighted by Crippen LogP contribution is -2.35. The van der Waals surface area contributed by atoms with Gasteiger partial charge in [0.15, 0.2) is 0 Å².